The van der Waals surface area contributed by atoms with Crippen molar-refractivity contribution in [2.45, 2.75) is 94.9 Å². The van der Waals surface area contributed by atoms with Gasteiger partial charge in [0.2, 0.25) is 11.8 Å². The predicted molar refractivity (Wildman–Crippen MR) is 139 cm³/mol. The summed E-state index contributed by atoms with van der Waals surface area (Å²) in [5, 5.41) is 10.6. The van der Waals surface area contributed by atoms with E-state index >= 15 is 0 Å². The van der Waals surface area contributed by atoms with E-state index in [4.69, 9.17) is 10.5 Å². The van der Waals surface area contributed by atoms with E-state index in [2.05, 4.69) is 24.8 Å². The van der Waals surface area contributed by atoms with Crippen LogP contribution in [0.2, 0.25) is 0 Å². The van der Waals surface area contributed by atoms with E-state index in [-0.39, 0.29) is 30.8 Å². The maximum absolute atomic E-state index is 14.3. The average Bonchev–Trinajstić information content (AvgIpc) is 3.45. The van der Waals surface area contributed by atoms with Crippen LogP contribution in [0.3, 0.4) is 0 Å². The molecule has 0 unspecified atom stereocenters. The van der Waals surface area contributed by atoms with E-state index in [1.807, 2.05) is 6.07 Å². The zero-order chi connectivity index (χ0) is 26.3. The van der Waals surface area contributed by atoms with Gasteiger partial charge in [-0.3, -0.25) is 14.4 Å². The fraction of sp³-hybridized carbons (Fsp3) is 0.690. The number of carbonyl (C=O) groups excluding carboxylic acids is 3. The molecule has 1 aliphatic carbocycles. The molecule has 3 saturated heterocycles. The first-order valence-corrected chi connectivity index (χ1v) is 14.1. The maximum Gasteiger partial charge on any atom is 0.249 e. The smallest absolute Gasteiger partial charge is 0.249 e. The van der Waals surface area contributed by atoms with Crippen LogP contribution in [0, 0.1) is 5.92 Å². The number of aliphatic hydroxyl groups is 1. The Morgan fingerprint density at radius 2 is 1.78 bits per heavy atom. The lowest BCUT2D eigenvalue weighted by atomic mass is 9.73. The molecule has 0 radical (unpaired) electrons. The number of hydrogen-bond donors (Lipinski definition) is 2. The summed E-state index contributed by atoms with van der Waals surface area (Å²) < 4.78 is 5.53. The zero-order valence-electron chi connectivity index (χ0n) is 22.1. The van der Waals surface area contributed by atoms with E-state index in [0.717, 1.165) is 63.6 Å². The number of carbonyl (C=O) groups is 3. The number of rotatable bonds is 6. The van der Waals surface area contributed by atoms with Crippen molar-refractivity contribution in [3.05, 3.63) is 34.9 Å². The topological polar surface area (TPSA) is 113 Å². The van der Waals surface area contributed by atoms with Crippen molar-refractivity contribution in [1.29, 1.82) is 0 Å². The number of likely N-dealkylation sites (tertiary alicyclic amines) is 2. The Labute approximate surface area is 219 Å². The van der Waals surface area contributed by atoms with Gasteiger partial charge in [-0.2, -0.15) is 0 Å². The van der Waals surface area contributed by atoms with Crippen molar-refractivity contribution in [2.24, 2.45) is 11.7 Å². The van der Waals surface area contributed by atoms with Crippen molar-refractivity contribution in [1.82, 2.24) is 9.80 Å². The van der Waals surface area contributed by atoms with Crippen molar-refractivity contribution >= 4 is 17.6 Å². The number of ether oxygens (including phenoxy) is 1. The largest absolute Gasteiger partial charge is 0.388 e. The lowest BCUT2D eigenvalue weighted by Gasteiger charge is -2.36. The minimum atomic E-state index is -0.888. The number of benzene rings is 1. The third-order valence-electron chi connectivity index (χ3n) is 9.24. The summed E-state index contributed by atoms with van der Waals surface area (Å²) in [6, 6.07) is 5.63. The third-order valence-corrected chi connectivity index (χ3v) is 9.24. The minimum absolute atomic E-state index is 0.0611. The van der Waals surface area contributed by atoms with Gasteiger partial charge in [0.05, 0.1) is 12.5 Å². The van der Waals surface area contributed by atoms with Gasteiger partial charge in [0, 0.05) is 11.6 Å². The molecule has 3 N–H and O–H groups in total. The van der Waals surface area contributed by atoms with Crippen molar-refractivity contribution < 1.29 is 24.2 Å². The van der Waals surface area contributed by atoms with E-state index in [0.29, 0.717) is 23.1 Å². The number of aliphatic hydroxyl groups excluding tert-OH is 1. The number of Topliss-reactive ketones (excluding diaryl/α,β-unsaturated/α-hetero) is 1. The van der Waals surface area contributed by atoms with Gasteiger partial charge in [-0.15, -0.1) is 0 Å². The highest BCUT2D eigenvalue weighted by molar-refractivity contribution is 5.99. The van der Waals surface area contributed by atoms with Gasteiger partial charge in [0.1, 0.15) is 24.9 Å². The van der Waals surface area contributed by atoms with Gasteiger partial charge < -0.3 is 25.4 Å². The van der Waals surface area contributed by atoms with Crippen LogP contribution < -0.4 is 5.73 Å². The van der Waals surface area contributed by atoms with Crippen LogP contribution in [0.25, 0.3) is 0 Å². The molecule has 8 heteroatoms. The quantitative estimate of drug-likeness (QED) is 0.607. The zero-order valence-corrected chi connectivity index (χ0v) is 22.1. The molecule has 0 aromatic heterocycles. The van der Waals surface area contributed by atoms with Crippen LogP contribution in [-0.4, -0.2) is 83.0 Å². The number of piperidine rings is 1. The molecule has 1 saturated carbocycles. The third kappa shape index (κ3) is 5.08. The molecule has 0 spiro atoms. The van der Waals surface area contributed by atoms with Crippen LogP contribution in [0.5, 0.6) is 0 Å². The van der Waals surface area contributed by atoms with E-state index in [9.17, 15) is 19.5 Å². The highest BCUT2D eigenvalue weighted by Crippen LogP contribution is 2.42. The molecule has 4 aliphatic rings. The molecule has 4 atom stereocenters. The van der Waals surface area contributed by atoms with Crippen molar-refractivity contribution in [2.75, 3.05) is 26.2 Å². The summed E-state index contributed by atoms with van der Waals surface area (Å²) in [5.74, 6) is -1.04. The van der Waals surface area contributed by atoms with Gasteiger partial charge in [-0.25, -0.2) is 0 Å². The lowest BCUT2D eigenvalue weighted by molar-refractivity contribution is -0.139. The Bertz CT molecular complexity index is 1030. The molecule has 3 heterocycles. The molecular weight excluding hydrogens is 470 g/mol. The van der Waals surface area contributed by atoms with Gasteiger partial charge in [0.25, 0.3) is 0 Å². The van der Waals surface area contributed by atoms with Crippen molar-refractivity contribution in [3.8, 4) is 0 Å². The van der Waals surface area contributed by atoms with Crippen LogP contribution in [0.4, 0.5) is 0 Å². The average molecular weight is 512 g/mol. The summed E-state index contributed by atoms with van der Waals surface area (Å²) in [6.45, 7) is 6.48. The fourth-order valence-electron chi connectivity index (χ4n) is 7.16. The molecule has 2 amide bonds. The van der Waals surface area contributed by atoms with Gasteiger partial charge in [0.15, 0.2) is 5.78 Å². The summed E-state index contributed by atoms with van der Waals surface area (Å²) in [4.78, 5) is 43.6. The van der Waals surface area contributed by atoms with Crippen LogP contribution >= 0.6 is 0 Å². The summed E-state index contributed by atoms with van der Waals surface area (Å²) in [5.41, 5.74) is 8.09. The second-order valence-electron chi connectivity index (χ2n) is 11.7. The Balaban J connectivity index is 1.51. The van der Waals surface area contributed by atoms with Gasteiger partial charge in [-0.05, 0) is 81.6 Å². The van der Waals surface area contributed by atoms with Gasteiger partial charge >= 0.3 is 0 Å². The van der Waals surface area contributed by atoms with Crippen LogP contribution in [0.15, 0.2) is 18.2 Å². The molecule has 8 nitrogen and oxygen atoms in total. The predicted octanol–water partition coefficient (Wildman–Crippen LogP) is 2.58. The number of hydrogen-bond acceptors (Lipinski definition) is 6. The first kappa shape index (κ1) is 26.3. The van der Waals surface area contributed by atoms with Crippen molar-refractivity contribution in [3.63, 3.8) is 0 Å². The molecule has 5 rings (SSSR count). The maximum atomic E-state index is 14.3. The number of nitrogens with two attached hydrogens (primary N) is 1. The fourth-order valence-corrected chi connectivity index (χ4v) is 7.16. The normalized spacial score (nSPS) is 28.6. The Morgan fingerprint density at radius 3 is 2.43 bits per heavy atom. The molecule has 37 heavy (non-hydrogen) atoms. The number of fused-ring (bicyclic) bond motifs is 1. The monoisotopic (exact) mass is 511 g/mol. The number of primary amides is 1. The van der Waals surface area contributed by atoms with Crippen LogP contribution in [-0.2, 0) is 14.3 Å². The summed E-state index contributed by atoms with van der Waals surface area (Å²) in [6.07, 6.45) is 5.48. The standard InChI is InChI=1S/C29H41N3O5/c1-17(2)31-12-10-18(11-13-31)20-8-9-21(28(30)35)22(14-20)25(19-6-4-3-5-7-19)29(36)32-15-23(33)27-26(32)24(34)16-37-27/h8-9,14,17-19,23,25-27,33H,3-7,10-13,15-16H2,1-2H3,(H2,30,35)/t23-,25+,26-,27-/m1/s1. The van der Waals surface area contributed by atoms with Crippen LogP contribution in [0.1, 0.15) is 92.1 Å². The molecule has 1 aromatic rings. The highest BCUT2D eigenvalue weighted by Gasteiger charge is 2.53. The molecular formula is C29H41N3O5. The first-order valence-electron chi connectivity index (χ1n) is 14.1. The Hall–Kier alpha value is -2.29. The number of β-amino-alcohol motifs (C(OH)–C–C–N with tert-alkyl or cyclic N) is 1. The van der Waals surface area contributed by atoms with E-state index < -0.39 is 30.1 Å². The molecule has 0 bridgehead atoms. The van der Waals surface area contributed by atoms with E-state index in [1.165, 1.54) is 4.90 Å². The molecule has 202 valence electrons. The second-order valence-corrected chi connectivity index (χ2v) is 11.7. The van der Waals surface area contributed by atoms with Gasteiger partial charge in [-0.1, -0.05) is 31.4 Å². The Kier molecular flexibility index (Phi) is 7.70. The number of amides is 2. The molecule has 3 aliphatic heterocycles. The Morgan fingerprint density at radius 1 is 1.08 bits per heavy atom. The summed E-state index contributed by atoms with van der Waals surface area (Å²) in [7, 11) is 0. The molecule has 1 aromatic carbocycles. The lowest BCUT2D eigenvalue weighted by Crippen LogP contribution is -2.46. The molecule has 4 fully saturated rings. The first-order chi connectivity index (χ1) is 17.8. The summed E-state index contributed by atoms with van der Waals surface area (Å²) >= 11 is 0. The van der Waals surface area contributed by atoms with E-state index in [1.54, 1.807) is 6.07 Å². The number of ketones is 1. The second kappa shape index (κ2) is 10.8. The minimum Gasteiger partial charge on any atom is -0.388 e. The highest BCUT2D eigenvalue weighted by atomic mass is 16.5. The number of nitrogens with zero attached hydrogens (tertiary/aromatic N) is 2. The SMILES string of the molecule is CC(C)N1CCC(c2ccc(C(N)=O)c([C@@H](C(=O)N3C[C@@H](O)[C@H]4OCC(=O)[C@H]43)C3CCCCC3)c2)CC1.